The first-order chi connectivity index (χ1) is 11.4. The molecule has 3 rings (SSSR count). The highest BCUT2D eigenvalue weighted by atomic mass is 19.1. The molecule has 24 heavy (non-hydrogen) atoms. The van der Waals surface area contributed by atoms with E-state index in [1.807, 2.05) is 0 Å². The fourth-order valence-electron chi connectivity index (χ4n) is 2.55. The molecule has 1 saturated heterocycles. The highest BCUT2D eigenvalue weighted by Crippen LogP contribution is 2.28. The minimum atomic E-state index is -0.839. The maximum atomic E-state index is 13.9. The Morgan fingerprint density at radius 1 is 1.38 bits per heavy atom. The van der Waals surface area contributed by atoms with Crippen LogP contribution in [0.4, 0.5) is 20.3 Å². The molecule has 0 radical (unpaired) electrons. The van der Waals surface area contributed by atoms with Gasteiger partial charge in [0.25, 0.3) is 0 Å². The molecule has 1 aliphatic heterocycles. The molecule has 1 aliphatic rings. The van der Waals surface area contributed by atoms with Crippen LogP contribution in [0.15, 0.2) is 18.2 Å². The fraction of sp³-hybridized carbons (Fsp3) is 0.333. The Kier molecular flexibility index (Phi) is 4.00. The molecule has 2 heterocycles. The van der Waals surface area contributed by atoms with Crippen molar-refractivity contribution in [3.05, 3.63) is 35.5 Å². The number of aromatic nitrogens is 3. The molecule has 7 nitrogen and oxygen atoms in total. The van der Waals surface area contributed by atoms with Crippen LogP contribution in [0.5, 0.6) is 0 Å². The van der Waals surface area contributed by atoms with E-state index in [1.54, 1.807) is 14.0 Å². The maximum Gasteiger partial charge on any atom is 0.231 e. The Morgan fingerprint density at radius 2 is 2.12 bits per heavy atom. The summed E-state index contributed by atoms with van der Waals surface area (Å²) in [5, 5.41) is 10.2. The predicted molar refractivity (Wildman–Crippen MR) is 81.2 cm³/mol. The van der Waals surface area contributed by atoms with Crippen LogP contribution in [0.1, 0.15) is 12.1 Å². The lowest BCUT2D eigenvalue weighted by Crippen LogP contribution is -2.29. The largest absolute Gasteiger partial charge is 0.309 e. The van der Waals surface area contributed by atoms with Gasteiger partial charge in [0.2, 0.25) is 11.8 Å². The number of hydrogen-bond acceptors (Lipinski definition) is 4. The lowest BCUT2D eigenvalue weighted by Gasteiger charge is -2.17. The van der Waals surface area contributed by atoms with Crippen LogP contribution in [0.3, 0.4) is 0 Å². The van der Waals surface area contributed by atoms with E-state index in [-0.39, 0.29) is 18.7 Å². The molecule has 0 bridgehead atoms. The second-order valence-corrected chi connectivity index (χ2v) is 5.64. The first kappa shape index (κ1) is 16.0. The summed E-state index contributed by atoms with van der Waals surface area (Å²) in [5.74, 6) is -2.68. The van der Waals surface area contributed by atoms with E-state index < -0.39 is 29.4 Å². The number of aryl methyl sites for hydroxylation is 1. The molecule has 9 heteroatoms. The van der Waals surface area contributed by atoms with Gasteiger partial charge in [-0.05, 0) is 19.1 Å². The second-order valence-electron chi connectivity index (χ2n) is 5.64. The zero-order valence-corrected chi connectivity index (χ0v) is 13.1. The van der Waals surface area contributed by atoms with Gasteiger partial charge < -0.3 is 10.2 Å². The minimum absolute atomic E-state index is 0.0204. The number of anilines is 2. The quantitative estimate of drug-likeness (QED) is 0.919. The monoisotopic (exact) mass is 335 g/mol. The van der Waals surface area contributed by atoms with Gasteiger partial charge in [-0.3, -0.25) is 14.3 Å². The van der Waals surface area contributed by atoms with E-state index in [9.17, 15) is 18.4 Å². The van der Waals surface area contributed by atoms with Gasteiger partial charge in [-0.25, -0.2) is 8.78 Å². The van der Waals surface area contributed by atoms with Gasteiger partial charge in [0.05, 0.1) is 17.3 Å². The number of nitrogens with zero attached hydrogens (tertiary/aromatic N) is 4. The Hall–Kier alpha value is -2.84. The minimum Gasteiger partial charge on any atom is -0.309 e. The molecule has 2 aromatic rings. The van der Waals surface area contributed by atoms with Crippen LogP contribution in [0.2, 0.25) is 0 Å². The van der Waals surface area contributed by atoms with Gasteiger partial charge in [-0.2, -0.15) is 0 Å². The normalized spacial score (nSPS) is 17.4. The average Bonchev–Trinajstić information content (AvgIpc) is 3.05. The number of nitrogens with one attached hydrogen (secondary N) is 1. The van der Waals surface area contributed by atoms with E-state index in [0.29, 0.717) is 17.6 Å². The average molecular weight is 335 g/mol. The van der Waals surface area contributed by atoms with Crippen molar-refractivity contribution in [3.8, 4) is 0 Å². The Morgan fingerprint density at radius 3 is 2.75 bits per heavy atom. The van der Waals surface area contributed by atoms with Crippen LogP contribution in [0, 0.1) is 24.5 Å². The van der Waals surface area contributed by atoms with Crippen molar-refractivity contribution < 1.29 is 18.4 Å². The molecule has 2 amide bonds. The number of amides is 2. The fourth-order valence-corrected chi connectivity index (χ4v) is 2.55. The Balaban J connectivity index is 1.74. The van der Waals surface area contributed by atoms with Gasteiger partial charge in [0, 0.05) is 26.1 Å². The smallest absolute Gasteiger partial charge is 0.231 e. The van der Waals surface area contributed by atoms with Crippen molar-refractivity contribution in [2.45, 2.75) is 13.3 Å². The van der Waals surface area contributed by atoms with Crippen molar-refractivity contribution in [3.63, 3.8) is 0 Å². The molecule has 1 aromatic heterocycles. The second kappa shape index (κ2) is 5.99. The summed E-state index contributed by atoms with van der Waals surface area (Å²) >= 11 is 0. The SMILES string of the molecule is Cc1c(NC(=O)C2CC(=O)N(c3ccc(F)cc3F)C2)nnn1C. The van der Waals surface area contributed by atoms with E-state index in [1.165, 1.54) is 10.7 Å². The summed E-state index contributed by atoms with van der Waals surface area (Å²) in [5.41, 5.74) is 0.640. The molecule has 1 unspecified atom stereocenters. The van der Waals surface area contributed by atoms with Crippen molar-refractivity contribution >= 4 is 23.3 Å². The number of rotatable bonds is 3. The van der Waals surface area contributed by atoms with Crippen LogP contribution < -0.4 is 10.2 Å². The van der Waals surface area contributed by atoms with Crippen LogP contribution in [0.25, 0.3) is 0 Å². The van der Waals surface area contributed by atoms with Crippen molar-refractivity contribution in [2.75, 3.05) is 16.8 Å². The number of hydrogen-bond donors (Lipinski definition) is 1. The van der Waals surface area contributed by atoms with Crippen LogP contribution >= 0.6 is 0 Å². The molecule has 1 fully saturated rings. The molecular formula is C15H15F2N5O2. The van der Waals surface area contributed by atoms with E-state index in [0.717, 1.165) is 11.0 Å². The molecule has 1 atom stereocenters. The zero-order chi connectivity index (χ0) is 17.4. The van der Waals surface area contributed by atoms with Crippen molar-refractivity contribution in [1.82, 2.24) is 15.0 Å². The maximum absolute atomic E-state index is 13.9. The van der Waals surface area contributed by atoms with E-state index in [4.69, 9.17) is 0 Å². The van der Waals surface area contributed by atoms with Gasteiger partial charge in [0.15, 0.2) is 5.82 Å². The summed E-state index contributed by atoms with van der Waals surface area (Å²) in [6.45, 7) is 1.77. The highest BCUT2D eigenvalue weighted by molar-refractivity contribution is 6.03. The summed E-state index contributed by atoms with van der Waals surface area (Å²) in [6.07, 6.45) is -0.0536. The standard InChI is InChI=1S/C15H15F2N5O2/c1-8-14(19-20-21(8)2)18-15(24)9-5-13(23)22(7-9)12-4-3-10(16)6-11(12)17/h3-4,6,9H,5,7H2,1-2H3,(H,18,24). The number of benzene rings is 1. The number of carbonyl (C=O) groups is 2. The first-order valence-corrected chi connectivity index (χ1v) is 7.29. The zero-order valence-electron chi connectivity index (χ0n) is 13.1. The molecule has 1 aromatic carbocycles. The molecule has 1 N–H and O–H groups in total. The van der Waals surface area contributed by atoms with Gasteiger partial charge in [0.1, 0.15) is 11.6 Å². The van der Waals surface area contributed by atoms with Crippen molar-refractivity contribution in [1.29, 1.82) is 0 Å². The predicted octanol–water partition coefficient (Wildman–Crippen LogP) is 1.39. The van der Waals surface area contributed by atoms with Gasteiger partial charge in [-0.1, -0.05) is 5.21 Å². The number of halogens is 2. The first-order valence-electron chi connectivity index (χ1n) is 7.29. The van der Waals surface area contributed by atoms with Crippen molar-refractivity contribution in [2.24, 2.45) is 13.0 Å². The Bertz CT molecular complexity index is 820. The molecule has 0 saturated carbocycles. The van der Waals surface area contributed by atoms with E-state index >= 15 is 0 Å². The van der Waals surface area contributed by atoms with Crippen LogP contribution in [-0.2, 0) is 16.6 Å². The molecule has 0 spiro atoms. The third kappa shape index (κ3) is 2.84. The summed E-state index contributed by atoms with van der Waals surface area (Å²) in [7, 11) is 1.69. The van der Waals surface area contributed by atoms with Gasteiger partial charge >= 0.3 is 0 Å². The lowest BCUT2D eigenvalue weighted by molar-refractivity contribution is -0.122. The third-order valence-electron chi connectivity index (χ3n) is 4.04. The van der Waals surface area contributed by atoms with E-state index in [2.05, 4.69) is 15.6 Å². The van der Waals surface area contributed by atoms with Crippen LogP contribution in [-0.4, -0.2) is 33.4 Å². The van der Waals surface area contributed by atoms with Gasteiger partial charge in [-0.15, -0.1) is 5.10 Å². The lowest BCUT2D eigenvalue weighted by atomic mass is 10.1. The topological polar surface area (TPSA) is 80.1 Å². The summed E-state index contributed by atoms with van der Waals surface area (Å²) in [4.78, 5) is 25.6. The molecular weight excluding hydrogens is 320 g/mol. The molecule has 126 valence electrons. The third-order valence-corrected chi connectivity index (χ3v) is 4.04. The summed E-state index contributed by atoms with van der Waals surface area (Å²) < 4.78 is 28.4. The molecule has 0 aliphatic carbocycles. The summed E-state index contributed by atoms with van der Waals surface area (Å²) in [6, 6.07) is 2.97. The highest BCUT2D eigenvalue weighted by Gasteiger charge is 2.36. The Labute approximate surface area is 136 Å². The number of carbonyl (C=O) groups excluding carboxylic acids is 2.